The molecule has 0 radical (unpaired) electrons. The highest BCUT2D eigenvalue weighted by Crippen LogP contribution is 2.49. The number of pyridine rings is 1. The van der Waals surface area contributed by atoms with E-state index >= 15 is 4.39 Å². The molecule has 0 saturated heterocycles. The van der Waals surface area contributed by atoms with Crippen LogP contribution in [-0.4, -0.2) is 0 Å². The quantitative estimate of drug-likeness (QED) is 0.185. The molecule has 0 saturated carbocycles. The number of benzene rings is 3. The lowest BCUT2D eigenvalue weighted by Gasteiger charge is -2.42. The van der Waals surface area contributed by atoms with Gasteiger partial charge in [-0.25, -0.2) is 8.96 Å². The van der Waals surface area contributed by atoms with Gasteiger partial charge in [0.15, 0.2) is 6.20 Å². The molecule has 3 aromatic carbocycles. The first-order valence-corrected chi connectivity index (χ1v) is 13.4. The molecular formula is C33H33FNOS+. The molecule has 0 unspecified atom stereocenters. The van der Waals surface area contributed by atoms with Crippen LogP contribution in [0.2, 0.25) is 0 Å². The standard InChI is InChI=1S/C33H32FNOS/c1-19-10-12-21-22-18-26(37)29(34)28(31(22)36-30(21)27(19)25-9-7-8-16-35(25)6)20-11-13-23-24(17-20)33(4,5)15-14-32(23,2)3/h7-13,16-18H,14-15H2,1-6H3/p+1. The number of hydrogen-bond acceptors (Lipinski definition) is 2. The van der Waals surface area contributed by atoms with E-state index in [0.29, 0.717) is 16.0 Å². The average molecular weight is 511 g/mol. The van der Waals surface area contributed by atoms with Crippen molar-refractivity contribution in [1.29, 1.82) is 0 Å². The molecule has 0 fully saturated rings. The summed E-state index contributed by atoms with van der Waals surface area (Å²) in [5, 5.41) is 1.85. The third-order valence-electron chi connectivity index (χ3n) is 8.51. The van der Waals surface area contributed by atoms with Crippen LogP contribution in [0.25, 0.3) is 44.3 Å². The maximum atomic E-state index is 15.9. The third-order valence-corrected chi connectivity index (χ3v) is 8.84. The van der Waals surface area contributed by atoms with Gasteiger partial charge in [0.1, 0.15) is 24.0 Å². The molecule has 1 aliphatic carbocycles. The summed E-state index contributed by atoms with van der Waals surface area (Å²) >= 11 is 4.57. The van der Waals surface area contributed by atoms with E-state index < -0.39 is 0 Å². The Morgan fingerprint density at radius 1 is 0.838 bits per heavy atom. The monoisotopic (exact) mass is 510 g/mol. The second-order valence-corrected chi connectivity index (χ2v) is 12.4. The van der Waals surface area contributed by atoms with Crippen molar-refractivity contribution >= 4 is 34.6 Å². The molecule has 1 aliphatic rings. The third kappa shape index (κ3) is 3.64. The van der Waals surface area contributed by atoms with Gasteiger partial charge < -0.3 is 4.42 Å². The fourth-order valence-corrected chi connectivity index (χ4v) is 6.38. The van der Waals surface area contributed by atoms with E-state index in [1.165, 1.54) is 11.1 Å². The number of furan rings is 1. The lowest BCUT2D eigenvalue weighted by atomic mass is 9.63. The van der Waals surface area contributed by atoms with Crippen LogP contribution in [0.15, 0.2) is 70.1 Å². The van der Waals surface area contributed by atoms with E-state index in [1.807, 2.05) is 25.4 Å². The van der Waals surface area contributed by atoms with Gasteiger partial charge in [-0.1, -0.05) is 58.0 Å². The van der Waals surface area contributed by atoms with Crippen molar-refractivity contribution in [2.45, 2.75) is 63.2 Å². The molecule has 0 spiro atoms. The Balaban J connectivity index is 1.68. The van der Waals surface area contributed by atoms with Crippen molar-refractivity contribution in [3.05, 3.63) is 83.3 Å². The molecule has 0 N–H and O–H groups in total. The lowest BCUT2D eigenvalue weighted by molar-refractivity contribution is -0.660. The summed E-state index contributed by atoms with van der Waals surface area (Å²) in [5.74, 6) is -0.341. The first kappa shape index (κ1) is 24.2. The molecule has 0 aliphatic heterocycles. The van der Waals surface area contributed by atoms with Crippen molar-refractivity contribution < 1.29 is 13.4 Å². The Morgan fingerprint density at radius 3 is 2.27 bits per heavy atom. The highest BCUT2D eigenvalue weighted by atomic mass is 32.1. The SMILES string of the molecule is Cc1ccc2c(oc3c(-c4ccc5c(c4)C(C)(C)CCC5(C)C)c(F)c(S)cc32)c1-c1cccc[n+]1C. The van der Waals surface area contributed by atoms with Crippen molar-refractivity contribution in [3.8, 4) is 22.4 Å². The van der Waals surface area contributed by atoms with Gasteiger partial charge in [0.05, 0.1) is 11.1 Å². The molecule has 5 aromatic rings. The summed E-state index contributed by atoms with van der Waals surface area (Å²) in [5.41, 5.74) is 8.63. The van der Waals surface area contributed by atoms with Gasteiger partial charge in [-0.15, -0.1) is 12.6 Å². The fourth-order valence-electron chi connectivity index (χ4n) is 6.14. The smallest absolute Gasteiger partial charge is 0.216 e. The van der Waals surface area contributed by atoms with E-state index in [0.717, 1.165) is 51.6 Å². The second-order valence-electron chi connectivity index (χ2n) is 11.9. The fraction of sp³-hybridized carbons (Fsp3) is 0.303. The summed E-state index contributed by atoms with van der Waals surface area (Å²) in [6.07, 6.45) is 4.27. The van der Waals surface area contributed by atoms with Gasteiger partial charge in [-0.3, -0.25) is 0 Å². The van der Waals surface area contributed by atoms with Crippen molar-refractivity contribution in [2.75, 3.05) is 0 Å². The largest absolute Gasteiger partial charge is 0.454 e. The van der Waals surface area contributed by atoms with E-state index in [-0.39, 0.29) is 16.6 Å². The first-order chi connectivity index (χ1) is 17.5. The summed E-state index contributed by atoms with van der Waals surface area (Å²) < 4.78 is 24.7. The Labute approximate surface area is 223 Å². The van der Waals surface area contributed by atoms with Gasteiger partial charge in [0.2, 0.25) is 5.69 Å². The van der Waals surface area contributed by atoms with Gasteiger partial charge in [-0.05, 0) is 65.0 Å². The molecule has 37 heavy (non-hydrogen) atoms. The molecule has 0 amide bonds. The van der Waals surface area contributed by atoms with Crippen molar-refractivity contribution in [2.24, 2.45) is 7.05 Å². The maximum absolute atomic E-state index is 15.9. The topological polar surface area (TPSA) is 17.0 Å². The van der Waals surface area contributed by atoms with E-state index in [4.69, 9.17) is 4.42 Å². The average Bonchev–Trinajstić information content (AvgIpc) is 3.21. The molecular weight excluding hydrogens is 477 g/mol. The summed E-state index contributed by atoms with van der Waals surface area (Å²) in [4.78, 5) is 0.329. The highest BCUT2D eigenvalue weighted by molar-refractivity contribution is 7.80. The van der Waals surface area contributed by atoms with Gasteiger partial charge in [0, 0.05) is 27.8 Å². The van der Waals surface area contributed by atoms with Crippen LogP contribution in [0.5, 0.6) is 0 Å². The zero-order valence-electron chi connectivity index (χ0n) is 22.4. The van der Waals surface area contributed by atoms with Crippen LogP contribution < -0.4 is 4.57 Å². The number of halogens is 1. The molecule has 0 bridgehead atoms. The molecule has 2 heterocycles. The molecule has 2 nitrogen and oxygen atoms in total. The van der Waals surface area contributed by atoms with Crippen LogP contribution in [-0.2, 0) is 17.9 Å². The van der Waals surface area contributed by atoms with Crippen LogP contribution in [0, 0.1) is 12.7 Å². The minimum Gasteiger partial charge on any atom is -0.454 e. The van der Waals surface area contributed by atoms with Crippen molar-refractivity contribution in [3.63, 3.8) is 0 Å². The number of nitrogens with zero attached hydrogens (tertiary/aromatic N) is 1. The summed E-state index contributed by atoms with van der Waals surface area (Å²) in [6, 6.07) is 18.6. The van der Waals surface area contributed by atoms with Gasteiger partial charge in [-0.2, -0.15) is 0 Å². The minimum absolute atomic E-state index is 0.0231. The maximum Gasteiger partial charge on any atom is 0.216 e. The predicted octanol–water partition coefficient (Wildman–Crippen LogP) is 8.83. The number of hydrogen-bond donors (Lipinski definition) is 1. The van der Waals surface area contributed by atoms with Crippen LogP contribution in [0.4, 0.5) is 4.39 Å². The molecule has 2 aromatic heterocycles. The Bertz CT molecular complexity index is 1730. The zero-order chi connectivity index (χ0) is 26.3. The van der Waals surface area contributed by atoms with Crippen LogP contribution >= 0.6 is 12.6 Å². The predicted molar refractivity (Wildman–Crippen MR) is 153 cm³/mol. The number of fused-ring (bicyclic) bond motifs is 4. The number of thiol groups is 1. The second kappa shape index (κ2) is 8.19. The van der Waals surface area contributed by atoms with Crippen molar-refractivity contribution in [1.82, 2.24) is 0 Å². The Kier molecular flexibility index (Phi) is 5.37. The van der Waals surface area contributed by atoms with E-state index in [9.17, 15) is 0 Å². The van der Waals surface area contributed by atoms with E-state index in [1.54, 1.807) is 6.07 Å². The lowest BCUT2D eigenvalue weighted by Crippen LogP contribution is -2.33. The number of aryl methyl sites for hydroxylation is 2. The van der Waals surface area contributed by atoms with Gasteiger partial charge in [0.25, 0.3) is 0 Å². The first-order valence-electron chi connectivity index (χ1n) is 13.0. The Morgan fingerprint density at radius 2 is 1.54 bits per heavy atom. The minimum atomic E-state index is -0.341. The summed E-state index contributed by atoms with van der Waals surface area (Å²) in [7, 11) is 2.03. The number of aromatic nitrogens is 1. The van der Waals surface area contributed by atoms with Crippen LogP contribution in [0.3, 0.4) is 0 Å². The normalized spacial score (nSPS) is 16.3. The van der Waals surface area contributed by atoms with Gasteiger partial charge >= 0.3 is 0 Å². The highest BCUT2D eigenvalue weighted by Gasteiger charge is 2.37. The zero-order valence-corrected chi connectivity index (χ0v) is 23.3. The number of rotatable bonds is 2. The molecule has 188 valence electrons. The Hall–Kier alpha value is -3.11. The molecule has 6 rings (SSSR count). The van der Waals surface area contributed by atoms with Crippen LogP contribution in [0.1, 0.15) is 57.2 Å². The summed E-state index contributed by atoms with van der Waals surface area (Å²) in [6.45, 7) is 11.3. The molecule has 0 atom stereocenters. The van der Waals surface area contributed by atoms with E-state index in [2.05, 4.69) is 88.2 Å². The molecule has 4 heteroatoms.